The molecule has 3 heterocycles. The molecule has 0 bridgehead atoms. The lowest BCUT2D eigenvalue weighted by atomic mass is 9.97. The van der Waals surface area contributed by atoms with Gasteiger partial charge in [-0.1, -0.05) is 24.3 Å². The van der Waals surface area contributed by atoms with Gasteiger partial charge in [0.05, 0.1) is 33.6 Å². The van der Waals surface area contributed by atoms with Crippen molar-refractivity contribution in [3.05, 3.63) is 103 Å². The number of nitrogens with one attached hydrogen (secondary N) is 2. The van der Waals surface area contributed by atoms with Gasteiger partial charge < -0.3 is 9.73 Å². The van der Waals surface area contributed by atoms with Crippen molar-refractivity contribution in [3.63, 3.8) is 0 Å². The van der Waals surface area contributed by atoms with Crippen LogP contribution in [-0.2, 0) is 10.0 Å². The Kier molecular flexibility index (Phi) is 6.17. The second kappa shape index (κ2) is 9.95. The van der Waals surface area contributed by atoms with Crippen LogP contribution in [0.1, 0.15) is 17.3 Å². The number of carbonyl (C=O) groups excluding carboxylic acids is 1. The molecular weight excluding hydrogens is 567 g/mol. The average molecular weight is 593 g/mol. The molecule has 10 heteroatoms. The van der Waals surface area contributed by atoms with E-state index in [2.05, 4.69) is 21.1 Å². The molecule has 0 radical (unpaired) electrons. The fourth-order valence-electron chi connectivity index (χ4n) is 5.51. The number of anilines is 1. The van der Waals surface area contributed by atoms with E-state index in [9.17, 15) is 17.6 Å². The molecule has 8 nitrogen and oxygen atoms in total. The molecule has 0 unspecified atom stereocenters. The maximum atomic E-state index is 13.7. The standard InChI is InChI=1S/C33H25FN4O4S/c1-3-43(40,41)37-27-17-30-25(31(33(39)35-2)32(42-30)19-8-11-22(34)12-9-19)16-23(27)20-10-13-26-24(14-20)29-15-21-6-4-5-7-28(21)38(29)18-36-26/h4-18,37H,3H2,1-2H3,(H,35,39). The second-order valence-corrected chi connectivity index (χ2v) is 12.2. The summed E-state index contributed by atoms with van der Waals surface area (Å²) in [5, 5.41) is 5.10. The zero-order valence-corrected chi connectivity index (χ0v) is 24.0. The number of sulfonamides is 1. The number of rotatable bonds is 6. The Bertz CT molecular complexity index is 2340. The van der Waals surface area contributed by atoms with Gasteiger partial charge in [0.2, 0.25) is 10.0 Å². The Morgan fingerprint density at radius 2 is 1.70 bits per heavy atom. The summed E-state index contributed by atoms with van der Waals surface area (Å²) < 4.78 is 50.2. The lowest BCUT2D eigenvalue weighted by Crippen LogP contribution is -2.18. The van der Waals surface area contributed by atoms with Crippen molar-refractivity contribution in [3.8, 4) is 22.5 Å². The van der Waals surface area contributed by atoms with Crippen LogP contribution in [-0.4, -0.2) is 36.5 Å². The zero-order chi connectivity index (χ0) is 29.9. The molecule has 0 aliphatic heterocycles. The van der Waals surface area contributed by atoms with E-state index >= 15 is 0 Å². The minimum Gasteiger partial charge on any atom is -0.455 e. The van der Waals surface area contributed by atoms with Crippen LogP contribution >= 0.6 is 0 Å². The van der Waals surface area contributed by atoms with Gasteiger partial charge in [0.1, 0.15) is 23.5 Å². The minimum absolute atomic E-state index is 0.133. The molecule has 4 aromatic carbocycles. The molecule has 0 spiro atoms. The number of amides is 1. The first kappa shape index (κ1) is 26.7. The van der Waals surface area contributed by atoms with Crippen molar-refractivity contribution in [2.24, 2.45) is 0 Å². The lowest BCUT2D eigenvalue weighted by molar-refractivity contribution is 0.0964. The Hall–Kier alpha value is -5.22. The Labute approximate surface area is 245 Å². The van der Waals surface area contributed by atoms with E-state index in [0.29, 0.717) is 27.8 Å². The van der Waals surface area contributed by atoms with Gasteiger partial charge in [0.25, 0.3) is 5.91 Å². The van der Waals surface area contributed by atoms with E-state index in [1.165, 1.54) is 31.3 Å². The topological polar surface area (TPSA) is 106 Å². The Morgan fingerprint density at radius 1 is 0.930 bits per heavy atom. The van der Waals surface area contributed by atoms with Crippen molar-refractivity contribution >= 4 is 59.9 Å². The molecule has 0 saturated carbocycles. The number of hydrogen-bond acceptors (Lipinski definition) is 5. The van der Waals surface area contributed by atoms with Crippen molar-refractivity contribution in [2.45, 2.75) is 6.92 Å². The zero-order valence-electron chi connectivity index (χ0n) is 23.2. The average Bonchev–Trinajstić information content (AvgIpc) is 3.59. The van der Waals surface area contributed by atoms with Crippen LogP contribution in [0.5, 0.6) is 0 Å². The highest BCUT2D eigenvalue weighted by atomic mass is 32.2. The fraction of sp³-hybridized carbons (Fsp3) is 0.0909. The second-order valence-electron chi connectivity index (χ2n) is 10.2. The van der Waals surface area contributed by atoms with Gasteiger partial charge in [-0.25, -0.2) is 17.8 Å². The van der Waals surface area contributed by atoms with Crippen molar-refractivity contribution in [1.29, 1.82) is 0 Å². The molecule has 0 atom stereocenters. The first-order chi connectivity index (χ1) is 20.8. The highest BCUT2D eigenvalue weighted by molar-refractivity contribution is 7.92. The molecule has 7 aromatic rings. The van der Waals surface area contributed by atoms with Crippen LogP contribution in [0.25, 0.3) is 60.7 Å². The molecule has 0 fully saturated rings. The number of benzene rings is 4. The van der Waals surface area contributed by atoms with Gasteiger partial charge in [-0.15, -0.1) is 0 Å². The molecule has 7 rings (SSSR count). The SMILES string of the molecule is CCS(=O)(=O)Nc1cc2oc(-c3ccc(F)cc3)c(C(=O)NC)c2cc1-c1ccc2ncn3c4ccccc4cc3c2c1. The molecular formula is C33H25FN4O4S. The van der Waals surface area contributed by atoms with E-state index in [-0.39, 0.29) is 17.1 Å². The lowest BCUT2D eigenvalue weighted by Gasteiger charge is -2.14. The van der Waals surface area contributed by atoms with Crippen molar-refractivity contribution in [2.75, 3.05) is 17.5 Å². The number of para-hydroxylation sites is 1. The van der Waals surface area contributed by atoms with Gasteiger partial charge in [0.15, 0.2) is 0 Å². The highest BCUT2D eigenvalue weighted by Crippen LogP contribution is 2.41. The number of fused-ring (bicyclic) bond motifs is 6. The van der Waals surface area contributed by atoms with E-state index in [1.54, 1.807) is 25.4 Å². The summed E-state index contributed by atoms with van der Waals surface area (Å²) in [5.41, 5.74) is 5.41. The summed E-state index contributed by atoms with van der Waals surface area (Å²) in [5.74, 6) is -0.697. The number of carbonyl (C=O) groups is 1. The normalized spacial score (nSPS) is 12.0. The van der Waals surface area contributed by atoms with Crippen molar-refractivity contribution < 1.29 is 22.0 Å². The monoisotopic (exact) mass is 592 g/mol. The maximum Gasteiger partial charge on any atom is 0.255 e. The molecule has 43 heavy (non-hydrogen) atoms. The van der Waals surface area contributed by atoms with Crippen LogP contribution in [0.2, 0.25) is 0 Å². The van der Waals surface area contributed by atoms with Crippen LogP contribution in [0.15, 0.2) is 95.7 Å². The van der Waals surface area contributed by atoms with Gasteiger partial charge in [-0.3, -0.25) is 13.9 Å². The third kappa shape index (κ3) is 4.47. The molecule has 3 aromatic heterocycles. The van der Waals surface area contributed by atoms with Gasteiger partial charge in [0, 0.05) is 40.4 Å². The minimum atomic E-state index is -3.68. The van der Waals surface area contributed by atoms with Crippen LogP contribution in [0, 0.1) is 5.82 Å². The third-order valence-corrected chi connectivity index (χ3v) is 8.97. The molecule has 1 amide bonds. The molecule has 2 N–H and O–H groups in total. The van der Waals surface area contributed by atoms with E-state index < -0.39 is 21.7 Å². The van der Waals surface area contributed by atoms with Gasteiger partial charge >= 0.3 is 0 Å². The first-order valence-corrected chi connectivity index (χ1v) is 15.3. The predicted molar refractivity (Wildman–Crippen MR) is 167 cm³/mol. The summed E-state index contributed by atoms with van der Waals surface area (Å²) in [7, 11) is -2.16. The summed E-state index contributed by atoms with van der Waals surface area (Å²) in [4.78, 5) is 17.9. The highest BCUT2D eigenvalue weighted by Gasteiger charge is 2.25. The largest absolute Gasteiger partial charge is 0.455 e. The van der Waals surface area contributed by atoms with Gasteiger partial charge in [-0.2, -0.15) is 0 Å². The van der Waals surface area contributed by atoms with Gasteiger partial charge in [-0.05, 0) is 67.1 Å². The Balaban J connectivity index is 1.52. The molecule has 0 aliphatic carbocycles. The fourth-order valence-corrected chi connectivity index (χ4v) is 6.16. The summed E-state index contributed by atoms with van der Waals surface area (Å²) >= 11 is 0. The number of furan rings is 1. The summed E-state index contributed by atoms with van der Waals surface area (Å²) in [6, 6.07) is 24.9. The van der Waals surface area contributed by atoms with E-state index in [0.717, 1.165) is 32.9 Å². The predicted octanol–water partition coefficient (Wildman–Crippen LogP) is 6.98. The van der Waals surface area contributed by atoms with Crippen LogP contribution < -0.4 is 10.0 Å². The molecule has 0 saturated heterocycles. The first-order valence-electron chi connectivity index (χ1n) is 13.6. The number of hydrogen-bond donors (Lipinski definition) is 2. The molecule has 214 valence electrons. The number of nitrogens with zero attached hydrogens (tertiary/aromatic N) is 2. The maximum absolute atomic E-state index is 13.7. The van der Waals surface area contributed by atoms with E-state index in [4.69, 9.17) is 4.42 Å². The Morgan fingerprint density at radius 3 is 2.47 bits per heavy atom. The quantitative estimate of drug-likeness (QED) is 0.217. The smallest absolute Gasteiger partial charge is 0.255 e. The number of halogens is 1. The summed E-state index contributed by atoms with van der Waals surface area (Å²) in [6.45, 7) is 1.56. The van der Waals surface area contributed by atoms with Crippen molar-refractivity contribution in [1.82, 2.24) is 14.7 Å². The van der Waals surface area contributed by atoms with Crippen LogP contribution in [0.4, 0.5) is 10.1 Å². The summed E-state index contributed by atoms with van der Waals surface area (Å²) in [6.07, 6.45) is 1.80. The number of aromatic nitrogens is 2. The molecule has 0 aliphatic rings. The third-order valence-electron chi connectivity index (χ3n) is 7.68. The van der Waals surface area contributed by atoms with E-state index in [1.807, 2.05) is 46.9 Å². The van der Waals surface area contributed by atoms with Crippen LogP contribution in [0.3, 0.4) is 0 Å².